The summed E-state index contributed by atoms with van der Waals surface area (Å²) in [6.07, 6.45) is 9.04. The molecule has 78 valence electrons. The Morgan fingerprint density at radius 2 is 2.00 bits per heavy atom. The van der Waals surface area contributed by atoms with E-state index in [0.717, 1.165) is 21.3 Å². The van der Waals surface area contributed by atoms with Gasteiger partial charge < -0.3 is 0 Å². The largest absolute Gasteiger partial charge is 0.284 e. The van der Waals surface area contributed by atoms with Gasteiger partial charge in [-0.05, 0) is 24.3 Å². The van der Waals surface area contributed by atoms with Gasteiger partial charge >= 0.3 is 0 Å². The number of hydroxylamine groups is 2. The molecule has 0 bridgehead atoms. The predicted molar refractivity (Wildman–Crippen MR) is 60.6 cm³/mol. The minimum Gasteiger partial charge on any atom is -0.284 e. The maximum atomic E-state index is 9.67. The molecular formula is C13H10N2O. The first-order valence-electron chi connectivity index (χ1n) is 5.07. The van der Waals surface area contributed by atoms with E-state index in [4.69, 9.17) is 0 Å². The lowest BCUT2D eigenvalue weighted by atomic mass is 10.2. The summed E-state index contributed by atoms with van der Waals surface area (Å²) in [6, 6.07) is 7.91. The molecular weight excluding hydrogens is 200 g/mol. The molecule has 0 aromatic heterocycles. The Bertz CT molecular complexity index is 601. The lowest BCUT2D eigenvalue weighted by molar-refractivity contribution is -0.00102. The molecule has 0 atom stereocenters. The minimum absolute atomic E-state index is 0.693. The van der Waals surface area contributed by atoms with Gasteiger partial charge in [0.1, 0.15) is 0 Å². The topological polar surface area (TPSA) is 35.8 Å². The Hall–Kier alpha value is -2.13. The number of nitrogens with zero attached hydrogens (tertiary/aromatic N) is 2. The molecule has 2 aliphatic rings. The van der Waals surface area contributed by atoms with Crippen LogP contribution < -0.4 is 10.6 Å². The number of fused-ring (bicyclic) bond motifs is 1. The number of allylic oxidation sites excluding steroid dienone is 4. The van der Waals surface area contributed by atoms with Crippen molar-refractivity contribution < 1.29 is 5.21 Å². The van der Waals surface area contributed by atoms with E-state index in [1.54, 1.807) is 12.3 Å². The van der Waals surface area contributed by atoms with E-state index in [1.165, 1.54) is 0 Å². The van der Waals surface area contributed by atoms with E-state index in [1.807, 2.05) is 42.5 Å². The Kier molecular flexibility index (Phi) is 1.98. The normalized spacial score (nSPS) is 21.7. The van der Waals surface area contributed by atoms with Gasteiger partial charge in [0.2, 0.25) is 0 Å². The van der Waals surface area contributed by atoms with E-state index in [0.29, 0.717) is 5.70 Å². The molecule has 2 heterocycles. The van der Waals surface area contributed by atoms with Crippen molar-refractivity contribution in [2.45, 2.75) is 0 Å². The summed E-state index contributed by atoms with van der Waals surface area (Å²) in [7, 11) is 0. The van der Waals surface area contributed by atoms with Gasteiger partial charge in [0.25, 0.3) is 0 Å². The number of hydrogen-bond donors (Lipinski definition) is 1. The highest BCUT2D eigenvalue weighted by molar-refractivity contribution is 5.54. The molecule has 2 aliphatic heterocycles. The van der Waals surface area contributed by atoms with Gasteiger partial charge in [0, 0.05) is 11.4 Å². The van der Waals surface area contributed by atoms with Gasteiger partial charge in [-0.15, -0.1) is 0 Å². The van der Waals surface area contributed by atoms with Gasteiger partial charge in [0.05, 0.1) is 16.8 Å². The first-order valence-corrected chi connectivity index (χ1v) is 5.07. The monoisotopic (exact) mass is 210 g/mol. The lowest BCUT2D eigenvalue weighted by Crippen LogP contribution is -2.19. The van der Waals surface area contributed by atoms with Crippen molar-refractivity contribution in [2.24, 2.45) is 4.99 Å². The zero-order valence-corrected chi connectivity index (χ0v) is 8.54. The Labute approximate surface area is 92.6 Å². The van der Waals surface area contributed by atoms with Crippen LogP contribution in [0.5, 0.6) is 0 Å². The Morgan fingerprint density at radius 3 is 2.81 bits per heavy atom. The van der Waals surface area contributed by atoms with Gasteiger partial charge in [-0.25, -0.2) is 10.1 Å². The summed E-state index contributed by atoms with van der Waals surface area (Å²) in [5, 5.41) is 12.8. The van der Waals surface area contributed by atoms with Gasteiger partial charge in [-0.2, -0.15) is 0 Å². The maximum absolute atomic E-state index is 9.67. The fraction of sp³-hybridized carbons (Fsp3) is 0. The van der Waals surface area contributed by atoms with Crippen molar-refractivity contribution in [3.8, 4) is 0 Å². The van der Waals surface area contributed by atoms with Gasteiger partial charge in [0.15, 0.2) is 0 Å². The molecule has 0 unspecified atom stereocenters. The van der Waals surface area contributed by atoms with Crippen LogP contribution >= 0.6 is 0 Å². The summed E-state index contributed by atoms with van der Waals surface area (Å²) in [4.78, 5) is 4.46. The van der Waals surface area contributed by atoms with Crippen molar-refractivity contribution in [3.63, 3.8) is 0 Å². The molecule has 1 aromatic carbocycles. The number of benzene rings is 1. The standard InChI is InChI=1S/C13H10N2O/c16-15-8-4-3-7-13(15)12-9-10-5-1-2-6-11(10)14-12/h1-9,16H. The molecule has 0 radical (unpaired) electrons. The lowest BCUT2D eigenvalue weighted by Gasteiger charge is -2.16. The number of para-hydroxylation sites is 1. The van der Waals surface area contributed by atoms with Crippen molar-refractivity contribution in [3.05, 3.63) is 70.7 Å². The van der Waals surface area contributed by atoms with E-state index < -0.39 is 0 Å². The van der Waals surface area contributed by atoms with E-state index in [-0.39, 0.29) is 0 Å². The summed E-state index contributed by atoms with van der Waals surface area (Å²) >= 11 is 0. The van der Waals surface area contributed by atoms with Crippen LogP contribution in [0, 0.1) is 0 Å². The molecule has 3 nitrogen and oxygen atoms in total. The highest BCUT2D eigenvalue weighted by Gasteiger charge is 2.11. The molecule has 0 saturated carbocycles. The molecule has 3 rings (SSSR count). The van der Waals surface area contributed by atoms with Crippen LogP contribution in [0.15, 0.2) is 65.1 Å². The van der Waals surface area contributed by atoms with E-state index in [2.05, 4.69) is 4.99 Å². The van der Waals surface area contributed by atoms with E-state index in [9.17, 15) is 5.21 Å². The maximum Gasteiger partial charge on any atom is 0.0942 e. The average molecular weight is 210 g/mol. The molecule has 0 amide bonds. The zero-order chi connectivity index (χ0) is 11.0. The molecule has 0 fully saturated rings. The van der Waals surface area contributed by atoms with Crippen LogP contribution in [0.4, 0.5) is 0 Å². The molecule has 0 spiro atoms. The Balaban J connectivity index is 2.19. The van der Waals surface area contributed by atoms with Crippen molar-refractivity contribution in [1.82, 2.24) is 5.06 Å². The molecule has 0 aliphatic carbocycles. The zero-order valence-electron chi connectivity index (χ0n) is 8.54. The first-order chi connectivity index (χ1) is 7.84. The second kappa shape index (κ2) is 3.47. The van der Waals surface area contributed by atoms with Crippen LogP contribution in [-0.4, -0.2) is 10.3 Å². The van der Waals surface area contributed by atoms with E-state index >= 15 is 0 Å². The summed E-state index contributed by atoms with van der Waals surface area (Å²) in [6.45, 7) is 0. The first kappa shape index (κ1) is 9.12. The van der Waals surface area contributed by atoms with Crippen LogP contribution in [-0.2, 0) is 0 Å². The number of rotatable bonds is 0. The second-order valence-electron chi connectivity index (χ2n) is 3.63. The second-order valence-corrected chi connectivity index (χ2v) is 3.63. The highest BCUT2D eigenvalue weighted by atomic mass is 16.5. The highest BCUT2D eigenvalue weighted by Crippen LogP contribution is 2.17. The smallest absolute Gasteiger partial charge is 0.0942 e. The molecule has 3 heteroatoms. The Morgan fingerprint density at radius 1 is 1.12 bits per heavy atom. The summed E-state index contributed by atoms with van der Waals surface area (Å²) in [5.74, 6) is 0. The fourth-order valence-electron chi connectivity index (χ4n) is 1.79. The SMILES string of the molecule is ON1C=CC=CC1=C1C=c2ccccc2=N1. The average Bonchev–Trinajstić information content (AvgIpc) is 2.73. The molecule has 1 aromatic rings. The quantitative estimate of drug-likeness (QED) is 0.695. The van der Waals surface area contributed by atoms with Crippen molar-refractivity contribution >= 4 is 6.08 Å². The van der Waals surface area contributed by atoms with Crippen molar-refractivity contribution in [1.29, 1.82) is 0 Å². The number of hydrogen-bond acceptors (Lipinski definition) is 3. The van der Waals surface area contributed by atoms with Crippen molar-refractivity contribution in [2.75, 3.05) is 0 Å². The summed E-state index contributed by atoms with van der Waals surface area (Å²) < 4.78 is 0. The predicted octanol–water partition coefficient (Wildman–Crippen LogP) is 1.09. The van der Waals surface area contributed by atoms with Crippen LogP contribution in [0.3, 0.4) is 0 Å². The fourth-order valence-corrected chi connectivity index (χ4v) is 1.79. The third-order valence-electron chi connectivity index (χ3n) is 2.57. The van der Waals surface area contributed by atoms with Gasteiger partial charge in [-0.1, -0.05) is 24.3 Å². The third-order valence-corrected chi connectivity index (χ3v) is 2.57. The molecule has 1 N–H and O–H groups in total. The van der Waals surface area contributed by atoms with Crippen LogP contribution in [0.25, 0.3) is 6.08 Å². The third kappa shape index (κ3) is 1.38. The summed E-state index contributed by atoms with van der Waals surface area (Å²) in [5.41, 5.74) is 1.48. The molecule has 16 heavy (non-hydrogen) atoms. The van der Waals surface area contributed by atoms with Gasteiger partial charge in [-0.3, -0.25) is 5.21 Å². The minimum atomic E-state index is 0.693. The molecule has 0 saturated heterocycles. The van der Waals surface area contributed by atoms with Crippen LogP contribution in [0.1, 0.15) is 0 Å². The van der Waals surface area contributed by atoms with Crippen LogP contribution in [0.2, 0.25) is 0 Å².